The van der Waals surface area contributed by atoms with E-state index in [0.717, 1.165) is 0 Å². The fraction of sp³-hybridized carbons (Fsp3) is 0.111. The van der Waals surface area contributed by atoms with Crippen LogP contribution in [-0.4, -0.2) is 6.61 Å². The first-order chi connectivity index (χ1) is 5.43. The Balaban J connectivity index is 2.35. The highest BCUT2D eigenvalue weighted by Gasteiger charge is 1.88. The maximum atomic E-state index is 4.94. The van der Waals surface area contributed by atoms with Crippen molar-refractivity contribution >= 4 is 0 Å². The number of benzene rings is 1. The van der Waals surface area contributed by atoms with Gasteiger partial charge in [-0.15, -0.1) is 6.42 Å². The summed E-state index contributed by atoms with van der Waals surface area (Å²) in [6.45, 7) is 0.162. The molecule has 0 bridgehead atoms. The standard InChI is InChI=1S/C9H8O2/c1-2-8-10-11-9-6-4-3-5-7-9/h1,3-7H,8H2. The summed E-state index contributed by atoms with van der Waals surface area (Å²) in [5, 5.41) is 0. The molecule has 0 aliphatic carbocycles. The average Bonchev–Trinajstić information content (AvgIpc) is 2.07. The third-order valence-corrected chi connectivity index (χ3v) is 1.04. The molecule has 0 aliphatic rings. The van der Waals surface area contributed by atoms with Crippen LogP contribution in [0.4, 0.5) is 0 Å². The van der Waals surface area contributed by atoms with Gasteiger partial charge in [-0.2, -0.15) is 4.89 Å². The summed E-state index contributed by atoms with van der Waals surface area (Å²) in [5.41, 5.74) is 0. The average molecular weight is 148 g/mol. The van der Waals surface area contributed by atoms with Crippen LogP contribution in [0, 0.1) is 12.3 Å². The van der Waals surface area contributed by atoms with Crippen molar-refractivity contribution in [2.24, 2.45) is 0 Å². The quantitative estimate of drug-likeness (QED) is 0.281. The van der Waals surface area contributed by atoms with Gasteiger partial charge in [-0.25, -0.2) is 0 Å². The van der Waals surface area contributed by atoms with Crippen molar-refractivity contribution in [1.29, 1.82) is 0 Å². The fourth-order valence-electron chi connectivity index (χ4n) is 0.608. The van der Waals surface area contributed by atoms with Crippen molar-refractivity contribution in [2.75, 3.05) is 6.61 Å². The fourth-order valence-corrected chi connectivity index (χ4v) is 0.608. The zero-order chi connectivity index (χ0) is 7.94. The van der Waals surface area contributed by atoms with Crippen molar-refractivity contribution in [3.63, 3.8) is 0 Å². The Labute approximate surface area is 65.7 Å². The van der Waals surface area contributed by atoms with E-state index in [0.29, 0.717) is 5.75 Å². The van der Waals surface area contributed by atoms with Gasteiger partial charge in [-0.3, -0.25) is 0 Å². The van der Waals surface area contributed by atoms with Crippen LogP contribution in [-0.2, 0) is 4.89 Å². The maximum Gasteiger partial charge on any atom is 0.165 e. The zero-order valence-corrected chi connectivity index (χ0v) is 5.99. The Bertz CT molecular complexity index is 235. The van der Waals surface area contributed by atoms with Gasteiger partial charge in [-0.1, -0.05) is 24.1 Å². The molecule has 0 saturated carbocycles. The van der Waals surface area contributed by atoms with Gasteiger partial charge in [0.25, 0.3) is 0 Å². The van der Waals surface area contributed by atoms with Crippen LogP contribution in [0.3, 0.4) is 0 Å². The minimum Gasteiger partial charge on any atom is -0.337 e. The highest BCUT2D eigenvalue weighted by Crippen LogP contribution is 2.07. The molecule has 0 fully saturated rings. The number of para-hydroxylation sites is 1. The van der Waals surface area contributed by atoms with Gasteiger partial charge in [0.1, 0.15) is 0 Å². The Morgan fingerprint density at radius 1 is 1.27 bits per heavy atom. The summed E-state index contributed by atoms with van der Waals surface area (Å²) < 4.78 is 0. The molecule has 0 N–H and O–H groups in total. The van der Waals surface area contributed by atoms with E-state index in [9.17, 15) is 0 Å². The Morgan fingerprint density at radius 2 is 2.00 bits per heavy atom. The van der Waals surface area contributed by atoms with E-state index in [2.05, 4.69) is 10.8 Å². The summed E-state index contributed by atoms with van der Waals surface area (Å²) >= 11 is 0. The monoisotopic (exact) mass is 148 g/mol. The highest BCUT2D eigenvalue weighted by atomic mass is 17.2. The molecular weight excluding hydrogens is 140 g/mol. The van der Waals surface area contributed by atoms with Gasteiger partial charge in [0.15, 0.2) is 12.4 Å². The topological polar surface area (TPSA) is 18.5 Å². The Kier molecular flexibility index (Phi) is 3.04. The van der Waals surface area contributed by atoms with Crippen molar-refractivity contribution in [2.45, 2.75) is 0 Å². The SMILES string of the molecule is C#CCOOc1ccccc1. The van der Waals surface area contributed by atoms with Crippen LogP contribution in [0.15, 0.2) is 30.3 Å². The first-order valence-corrected chi connectivity index (χ1v) is 3.21. The molecule has 0 unspecified atom stereocenters. The molecule has 2 heteroatoms. The Hall–Kier alpha value is -1.46. The van der Waals surface area contributed by atoms with Crippen LogP contribution < -0.4 is 4.89 Å². The molecule has 0 saturated heterocycles. The predicted octanol–water partition coefficient (Wildman–Crippen LogP) is 1.63. The molecule has 0 aliphatic heterocycles. The molecule has 0 aromatic heterocycles. The summed E-state index contributed by atoms with van der Waals surface area (Å²) in [6.07, 6.45) is 4.94. The van der Waals surface area contributed by atoms with E-state index in [1.54, 1.807) is 12.1 Å². The maximum absolute atomic E-state index is 4.94. The molecule has 0 heterocycles. The van der Waals surface area contributed by atoms with Crippen LogP contribution in [0.2, 0.25) is 0 Å². The summed E-state index contributed by atoms with van der Waals surface area (Å²) in [5.74, 6) is 2.95. The molecule has 2 nitrogen and oxygen atoms in total. The van der Waals surface area contributed by atoms with E-state index in [4.69, 9.17) is 11.3 Å². The van der Waals surface area contributed by atoms with Crippen molar-refractivity contribution in [1.82, 2.24) is 0 Å². The lowest BCUT2D eigenvalue weighted by Gasteiger charge is -1.99. The second-order valence-corrected chi connectivity index (χ2v) is 1.86. The minimum atomic E-state index is 0.162. The molecule has 11 heavy (non-hydrogen) atoms. The molecule has 56 valence electrons. The highest BCUT2D eigenvalue weighted by molar-refractivity contribution is 5.20. The zero-order valence-electron chi connectivity index (χ0n) is 5.99. The van der Waals surface area contributed by atoms with E-state index in [1.165, 1.54) is 0 Å². The van der Waals surface area contributed by atoms with Crippen molar-refractivity contribution < 1.29 is 9.78 Å². The van der Waals surface area contributed by atoms with Gasteiger partial charge < -0.3 is 4.89 Å². The second kappa shape index (κ2) is 4.37. The normalized spacial score (nSPS) is 8.64. The summed E-state index contributed by atoms with van der Waals surface area (Å²) in [7, 11) is 0. The van der Waals surface area contributed by atoms with Gasteiger partial charge >= 0.3 is 0 Å². The van der Waals surface area contributed by atoms with Gasteiger partial charge in [0.05, 0.1) is 0 Å². The second-order valence-electron chi connectivity index (χ2n) is 1.86. The van der Waals surface area contributed by atoms with Crippen LogP contribution in [0.25, 0.3) is 0 Å². The third kappa shape index (κ3) is 2.74. The lowest BCUT2D eigenvalue weighted by molar-refractivity contribution is -0.193. The minimum absolute atomic E-state index is 0.162. The molecule has 0 spiro atoms. The van der Waals surface area contributed by atoms with Gasteiger partial charge in [0.2, 0.25) is 0 Å². The van der Waals surface area contributed by atoms with Crippen LogP contribution >= 0.6 is 0 Å². The van der Waals surface area contributed by atoms with Gasteiger partial charge in [-0.05, 0) is 12.1 Å². The molecule has 0 atom stereocenters. The molecule has 0 amide bonds. The van der Waals surface area contributed by atoms with Crippen molar-refractivity contribution in [3.8, 4) is 18.1 Å². The number of hydrogen-bond acceptors (Lipinski definition) is 2. The van der Waals surface area contributed by atoms with Crippen molar-refractivity contribution in [3.05, 3.63) is 30.3 Å². The lowest BCUT2D eigenvalue weighted by Crippen LogP contribution is -1.96. The van der Waals surface area contributed by atoms with E-state index >= 15 is 0 Å². The molecule has 1 aromatic carbocycles. The van der Waals surface area contributed by atoms with Crippen LogP contribution in [0.1, 0.15) is 0 Å². The molecular formula is C9H8O2. The van der Waals surface area contributed by atoms with Crippen LogP contribution in [0.5, 0.6) is 5.75 Å². The molecule has 1 aromatic rings. The molecule has 1 rings (SSSR count). The smallest absolute Gasteiger partial charge is 0.165 e. The van der Waals surface area contributed by atoms with E-state index in [1.807, 2.05) is 18.2 Å². The summed E-state index contributed by atoms with van der Waals surface area (Å²) in [4.78, 5) is 9.44. The van der Waals surface area contributed by atoms with E-state index in [-0.39, 0.29) is 6.61 Å². The third-order valence-electron chi connectivity index (χ3n) is 1.04. The van der Waals surface area contributed by atoms with Gasteiger partial charge in [0, 0.05) is 0 Å². The first-order valence-electron chi connectivity index (χ1n) is 3.21. The Morgan fingerprint density at radius 3 is 2.64 bits per heavy atom. The number of terminal acetylenes is 1. The lowest BCUT2D eigenvalue weighted by atomic mass is 10.3. The number of hydrogen-bond donors (Lipinski definition) is 0. The van der Waals surface area contributed by atoms with E-state index < -0.39 is 0 Å². The predicted molar refractivity (Wildman–Crippen MR) is 41.9 cm³/mol. The largest absolute Gasteiger partial charge is 0.337 e. The number of rotatable bonds is 3. The summed E-state index contributed by atoms with van der Waals surface area (Å²) in [6, 6.07) is 9.18. The first kappa shape index (κ1) is 7.64. The molecule has 0 radical (unpaired) electrons.